The van der Waals surface area contributed by atoms with Crippen LogP contribution in [0.2, 0.25) is 0 Å². The fourth-order valence-corrected chi connectivity index (χ4v) is 0.361. The summed E-state index contributed by atoms with van der Waals surface area (Å²) in [6.07, 6.45) is 0. The zero-order valence-corrected chi connectivity index (χ0v) is 5.19. The number of azide groups is 1. The predicted octanol–water partition coefficient (Wildman–Crippen LogP) is 1.70. The van der Waals surface area contributed by atoms with Gasteiger partial charge in [-0.2, -0.15) is 4.91 Å². The van der Waals surface area contributed by atoms with E-state index in [1.165, 1.54) is 0 Å². The first-order chi connectivity index (χ1) is 4.31. The number of hydrogen-bond donors (Lipinski definition) is 0. The monoisotopic (exact) mass is 128 g/mol. The van der Waals surface area contributed by atoms with Gasteiger partial charge in [0.2, 0.25) is 0 Å². The van der Waals surface area contributed by atoms with E-state index in [1.807, 2.05) is 0 Å². The first-order valence-corrected chi connectivity index (χ1v) is 2.61. The summed E-state index contributed by atoms with van der Waals surface area (Å²) in [6.45, 7) is 2.37. The third kappa shape index (κ3) is 4.77. The van der Waals surface area contributed by atoms with E-state index in [2.05, 4.69) is 15.2 Å². The normalized spacial score (nSPS) is 11.7. The van der Waals surface area contributed by atoms with Gasteiger partial charge in [-0.3, -0.25) is 0 Å². The van der Waals surface area contributed by atoms with Crippen molar-refractivity contribution < 1.29 is 0 Å². The van der Waals surface area contributed by atoms with E-state index in [0.29, 0.717) is 6.54 Å². The van der Waals surface area contributed by atoms with Crippen molar-refractivity contribution in [2.24, 2.45) is 16.2 Å². The molecule has 0 heterocycles. The van der Waals surface area contributed by atoms with E-state index in [1.54, 1.807) is 6.92 Å². The zero-order valence-electron chi connectivity index (χ0n) is 5.19. The van der Waals surface area contributed by atoms with Gasteiger partial charge in [0.15, 0.2) is 0 Å². The summed E-state index contributed by atoms with van der Waals surface area (Å²) in [5.41, 5.74) is 7.83. The SMILES string of the molecule is CC(CN=O)CN=[N+]=[N-]. The second-order valence-electron chi connectivity index (χ2n) is 1.83. The lowest BCUT2D eigenvalue weighted by atomic mass is 10.2. The van der Waals surface area contributed by atoms with Gasteiger partial charge < -0.3 is 0 Å². The molecule has 0 aromatic carbocycles. The van der Waals surface area contributed by atoms with Gasteiger partial charge >= 0.3 is 0 Å². The van der Waals surface area contributed by atoms with E-state index in [4.69, 9.17) is 5.53 Å². The molecular weight excluding hydrogens is 120 g/mol. The molecule has 9 heavy (non-hydrogen) atoms. The van der Waals surface area contributed by atoms with Crippen LogP contribution >= 0.6 is 0 Å². The maximum absolute atomic E-state index is 9.59. The van der Waals surface area contributed by atoms with Gasteiger partial charge in [0.25, 0.3) is 0 Å². The van der Waals surface area contributed by atoms with Crippen molar-refractivity contribution in [1.29, 1.82) is 0 Å². The molecule has 1 atom stereocenters. The number of hydrogen-bond acceptors (Lipinski definition) is 3. The third-order valence-electron chi connectivity index (χ3n) is 0.843. The van der Waals surface area contributed by atoms with Crippen molar-refractivity contribution in [3.63, 3.8) is 0 Å². The van der Waals surface area contributed by atoms with Gasteiger partial charge in [-0.1, -0.05) is 17.2 Å². The molecule has 0 bridgehead atoms. The lowest BCUT2D eigenvalue weighted by Gasteiger charge is -1.97. The lowest BCUT2D eigenvalue weighted by molar-refractivity contribution is 0.606. The van der Waals surface area contributed by atoms with Crippen LogP contribution in [-0.4, -0.2) is 13.1 Å². The Morgan fingerprint density at radius 3 is 2.78 bits per heavy atom. The summed E-state index contributed by atoms with van der Waals surface area (Å²) >= 11 is 0. The maximum Gasteiger partial charge on any atom is 0.0838 e. The highest BCUT2D eigenvalue weighted by molar-refractivity contribution is 4.58. The molecule has 0 spiro atoms. The molecule has 0 aliphatic rings. The Hall–Kier alpha value is -1.09. The molecule has 0 aliphatic heterocycles. The average molecular weight is 128 g/mol. The van der Waals surface area contributed by atoms with E-state index in [0.717, 1.165) is 0 Å². The Labute approximate surface area is 52.7 Å². The molecule has 0 radical (unpaired) electrons. The maximum atomic E-state index is 9.59. The molecule has 5 nitrogen and oxygen atoms in total. The van der Waals surface area contributed by atoms with E-state index in [9.17, 15) is 4.91 Å². The molecule has 50 valence electrons. The number of rotatable bonds is 4. The number of nitroso groups, excluding NO2 is 1. The van der Waals surface area contributed by atoms with Gasteiger partial charge in [-0.25, -0.2) is 0 Å². The first-order valence-electron chi connectivity index (χ1n) is 2.61. The molecule has 5 heteroatoms. The van der Waals surface area contributed by atoms with E-state index >= 15 is 0 Å². The Morgan fingerprint density at radius 2 is 2.33 bits per heavy atom. The van der Waals surface area contributed by atoms with Crippen LogP contribution in [-0.2, 0) is 0 Å². The van der Waals surface area contributed by atoms with Crippen molar-refractivity contribution in [2.75, 3.05) is 13.1 Å². The smallest absolute Gasteiger partial charge is 0.0838 e. The fourth-order valence-electron chi connectivity index (χ4n) is 0.361. The Kier molecular flexibility index (Phi) is 4.44. The topological polar surface area (TPSA) is 78.2 Å². The third-order valence-corrected chi connectivity index (χ3v) is 0.843. The lowest BCUT2D eigenvalue weighted by Crippen LogP contribution is -2.01. The van der Waals surface area contributed by atoms with Crippen LogP contribution in [0.5, 0.6) is 0 Å². The van der Waals surface area contributed by atoms with Gasteiger partial charge in [0, 0.05) is 11.5 Å². The molecule has 0 aliphatic carbocycles. The van der Waals surface area contributed by atoms with Gasteiger partial charge in [0.05, 0.1) is 6.54 Å². The standard InChI is InChI=1S/C4H8N4O/c1-4(3-7-9)2-6-8-5/h4H,2-3H2,1H3. The highest BCUT2D eigenvalue weighted by atomic mass is 16.3. The van der Waals surface area contributed by atoms with Gasteiger partial charge in [-0.15, -0.1) is 0 Å². The molecular formula is C4H8N4O. The molecule has 0 saturated carbocycles. The van der Waals surface area contributed by atoms with Crippen LogP contribution in [0.15, 0.2) is 10.3 Å². The summed E-state index contributed by atoms with van der Waals surface area (Å²) in [5, 5.41) is 5.93. The predicted molar refractivity (Wildman–Crippen MR) is 33.8 cm³/mol. The largest absolute Gasteiger partial charge is 0.151 e. The van der Waals surface area contributed by atoms with Crippen molar-refractivity contribution in [1.82, 2.24) is 0 Å². The average Bonchev–Trinajstić information content (AvgIpc) is 1.85. The second-order valence-corrected chi connectivity index (χ2v) is 1.83. The molecule has 0 fully saturated rings. The Morgan fingerprint density at radius 1 is 1.67 bits per heavy atom. The van der Waals surface area contributed by atoms with Crippen LogP contribution in [0.25, 0.3) is 10.4 Å². The minimum atomic E-state index is 0.0680. The molecule has 1 unspecified atom stereocenters. The molecule has 0 amide bonds. The van der Waals surface area contributed by atoms with Crippen molar-refractivity contribution in [3.8, 4) is 0 Å². The highest BCUT2D eigenvalue weighted by Gasteiger charge is 1.97. The summed E-state index contributed by atoms with van der Waals surface area (Å²) < 4.78 is 0. The van der Waals surface area contributed by atoms with Crippen molar-refractivity contribution in [3.05, 3.63) is 15.3 Å². The number of nitrogens with zero attached hydrogens (tertiary/aromatic N) is 4. The molecule has 0 N–H and O–H groups in total. The van der Waals surface area contributed by atoms with Gasteiger partial charge in [0.1, 0.15) is 0 Å². The first kappa shape index (κ1) is 7.91. The Bertz CT molecular complexity index is 129. The van der Waals surface area contributed by atoms with E-state index in [-0.39, 0.29) is 12.5 Å². The van der Waals surface area contributed by atoms with Gasteiger partial charge in [-0.05, 0) is 11.4 Å². The van der Waals surface area contributed by atoms with E-state index < -0.39 is 0 Å². The molecule has 0 saturated heterocycles. The van der Waals surface area contributed by atoms with Crippen LogP contribution in [0.3, 0.4) is 0 Å². The highest BCUT2D eigenvalue weighted by Crippen LogP contribution is 1.94. The molecule has 0 aromatic rings. The van der Waals surface area contributed by atoms with Crippen LogP contribution in [0.4, 0.5) is 0 Å². The molecule has 0 rings (SSSR count). The quantitative estimate of drug-likeness (QED) is 0.245. The fraction of sp³-hybridized carbons (Fsp3) is 1.00. The van der Waals surface area contributed by atoms with Crippen molar-refractivity contribution in [2.45, 2.75) is 6.92 Å². The second kappa shape index (κ2) is 5.05. The van der Waals surface area contributed by atoms with Crippen LogP contribution < -0.4 is 0 Å². The summed E-state index contributed by atoms with van der Waals surface area (Å²) in [7, 11) is 0. The summed E-state index contributed by atoms with van der Waals surface area (Å²) in [4.78, 5) is 12.1. The summed E-state index contributed by atoms with van der Waals surface area (Å²) in [5.74, 6) is 0.0680. The van der Waals surface area contributed by atoms with Crippen molar-refractivity contribution >= 4 is 0 Å². The zero-order chi connectivity index (χ0) is 7.11. The Balaban J connectivity index is 3.36. The summed E-state index contributed by atoms with van der Waals surface area (Å²) in [6, 6.07) is 0. The minimum Gasteiger partial charge on any atom is -0.151 e. The van der Waals surface area contributed by atoms with Crippen LogP contribution in [0.1, 0.15) is 6.92 Å². The minimum absolute atomic E-state index is 0.0680. The molecule has 0 aromatic heterocycles. The van der Waals surface area contributed by atoms with Crippen LogP contribution in [0, 0.1) is 10.8 Å².